The van der Waals surface area contributed by atoms with Gasteiger partial charge in [-0.25, -0.2) is 4.98 Å². The van der Waals surface area contributed by atoms with Crippen molar-refractivity contribution < 1.29 is 14.1 Å². The van der Waals surface area contributed by atoms with E-state index < -0.39 is 11.9 Å². The molecule has 5 aromatic rings. The minimum Gasteiger partial charge on any atom is -0.355 e. The number of rotatable bonds is 7. The normalized spacial score (nSPS) is 11.8. The molecule has 0 aliphatic carbocycles. The predicted octanol–water partition coefficient (Wildman–Crippen LogP) is 3.86. The van der Waals surface area contributed by atoms with Crippen LogP contribution in [-0.2, 0) is 11.8 Å². The summed E-state index contributed by atoms with van der Waals surface area (Å²) in [6.07, 6.45) is 0. The number of aryl methyl sites for hydroxylation is 1. The second kappa shape index (κ2) is 9.64. The van der Waals surface area contributed by atoms with Gasteiger partial charge in [-0.15, -0.1) is 0 Å². The van der Waals surface area contributed by atoms with Gasteiger partial charge in [0.15, 0.2) is 11.5 Å². The molecule has 2 heterocycles. The summed E-state index contributed by atoms with van der Waals surface area (Å²) < 4.78 is 7.24. The Morgan fingerprint density at radius 1 is 0.943 bits per heavy atom. The summed E-state index contributed by atoms with van der Waals surface area (Å²) in [7, 11) is 1.92. The number of hydrogen-bond acceptors (Lipinski definition) is 5. The number of nitrogens with one attached hydrogen (secondary N) is 2. The van der Waals surface area contributed by atoms with Crippen LogP contribution >= 0.6 is 0 Å². The minimum atomic E-state index is -0.495. The minimum absolute atomic E-state index is 0.103. The summed E-state index contributed by atoms with van der Waals surface area (Å²) in [4.78, 5) is 30.2. The van der Waals surface area contributed by atoms with E-state index in [4.69, 9.17) is 9.51 Å². The van der Waals surface area contributed by atoms with Gasteiger partial charge in [0.25, 0.3) is 5.91 Å². The monoisotopic (exact) mass is 465 g/mol. The second-order valence-corrected chi connectivity index (χ2v) is 8.05. The Bertz CT molecular complexity index is 1470. The zero-order chi connectivity index (χ0) is 24.2. The van der Waals surface area contributed by atoms with Crippen LogP contribution in [0.5, 0.6) is 0 Å². The Labute approximate surface area is 201 Å². The average Bonchev–Trinajstić information content (AvgIpc) is 3.53. The molecule has 5 rings (SSSR count). The molecule has 2 N–H and O–H groups in total. The molecule has 0 saturated carbocycles. The van der Waals surface area contributed by atoms with E-state index in [0.29, 0.717) is 11.6 Å². The molecule has 0 radical (unpaired) electrons. The van der Waals surface area contributed by atoms with Crippen LogP contribution in [-0.4, -0.2) is 33.1 Å². The highest BCUT2D eigenvalue weighted by Gasteiger charge is 2.23. The molecule has 0 spiro atoms. The topological polar surface area (TPSA) is 102 Å². The molecule has 8 nitrogen and oxygen atoms in total. The SMILES string of the molecule is Cn1c(C(NC(=O)CNC(=O)c2cc(-c3ccccc3)on2)c2ccccc2)nc2ccccc21. The fraction of sp³-hybridized carbons (Fsp3) is 0.111. The quantitative estimate of drug-likeness (QED) is 0.380. The van der Waals surface area contributed by atoms with Gasteiger partial charge in [-0.1, -0.05) is 78.0 Å². The fourth-order valence-electron chi connectivity index (χ4n) is 3.95. The van der Waals surface area contributed by atoms with Crippen molar-refractivity contribution in [3.05, 3.63) is 108 Å². The molecular weight excluding hydrogens is 442 g/mol. The number of hydrogen-bond donors (Lipinski definition) is 2. The molecule has 0 fully saturated rings. The lowest BCUT2D eigenvalue weighted by molar-refractivity contribution is -0.120. The van der Waals surface area contributed by atoms with Crippen molar-refractivity contribution in [3.8, 4) is 11.3 Å². The molecule has 0 aliphatic heterocycles. The van der Waals surface area contributed by atoms with Crippen LogP contribution < -0.4 is 10.6 Å². The molecule has 8 heteroatoms. The second-order valence-electron chi connectivity index (χ2n) is 8.05. The number of fused-ring (bicyclic) bond motifs is 1. The Kier molecular flexibility index (Phi) is 6.09. The van der Waals surface area contributed by atoms with Gasteiger partial charge in [-0.3, -0.25) is 9.59 Å². The van der Waals surface area contributed by atoms with E-state index in [1.54, 1.807) is 6.07 Å². The van der Waals surface area contributed by atoms with Crippen molar-refractivity contribution in [2.45, 2.75) is 6.04 Å². The fourth-order valence-corrected chi connectivity index (χ4v) is 3.95. The standard InChI is InChI=1S/C27H23N5O3/c1-32-22-15-9-8-14-20(22)29-26(32)25(19-12-6-3-7-13-19)30-24(33)17-28-27(34)21-16-23(35-31-21)18-10-4-2-5-11-18/h2-16,25H,17H2,1H3,(H,28,34)(H,30,33). The van der Waals surface area contributed by atoms with Crippen molar-refractivity contribution in [2.24, 2.45) is 7.05 Å². The zero-order valence-electron chi connectivity index (χ0n) is 19.0. The first-order valence-corrected chi connectivity index (χ1v) is 11.2. The third-order valence-corrected chi connectivity index (χ3v) is 5.73. The summed E-state index contributed by atoms with van der Waals surface area (Å²) >= 11 is 0. The molecule has 2 amide bonds. The van der Waals surface area contributed by atoms with Gasteiger partial charge in [0.05, 0.1) is 17.6 Å². The lowest BCUT2D eigenvalue weighted by Gasteiger charge is -2.19. The van der Waals surface area contributed by atoms with Gasteiger partial charge in [-0.05, 0) is 17.7 Å². The smallest absolute Gasteiger partial charge is 0.273 e. The summed E-state index contributed by atoms with van der Waals surface area (Å²) in [6.45, 7) is -0.223. The summed E-state index contributed by atoms with van der Waals surface area (Å²) in [5.74, 6) is 0.323. The molecule has 0 aliphatic rings. The van der Waals surface area contributed by atoms with E-state index in [9.17, 15) is 9.59 Å². The maximum atomic E-state index is 12.9. The molecule has 2 aromatic heterocycles. The van der Waals surface area contributed by atoms with E-state index in [0.717, 1.165) is 22.2 Å². The van der Waals surface area contributed by atoms with Crippen LogP contribution in [0.1, 0.15) is 27.9 Å². The van der Waals surface area contributed by atoms with Gasteiger partial charge in [0, 0.05) is 18.7 Å². The van der Waals surface area contributed by atoms with Gasteiger partial charge in [0.2, 0.25) is 5.91 Å². The number of nitrogens with zero attached hydrogens (tertiary/aromatic N) is 3. The van der Waals surface area contributed by atoms with E-state index in [2.05, 4.69) is 15.8 Å². The van der Waals surface area contributed by atoms with Crippen molar-refractivity contribution >= 4 is 22.8 Å². The Balaban J connectivity index is 1.30. The molecule has 0 bridgehead atoms. The van der Waals surface area contributed by atoms with Crippen LogP contribution in [0.4, 0.5) is 0 Å². The molecular formula is C27H23N5O3. The average molecular weight is 466 g/mol. The van der Waals surface area contributed by atoms with Gasteiger partial charge >= 0.3 is 0 Å². The largest absolute Gasteiger partial charge is 0.355 e. The molecule has 0 saturated heterocycles. The predicted molar refractivity (Wildman–Crippen MR) is 131 cm³/mol. The maximum Gasteiger partial charge on any atom is 0.273 e. The van der Waals surface area contributed by atoms with Crippen molar-refractivity contribution in [3.63, 3.8) is 0 Å². The van der Waals surface area contributed by atoms with E-state index in [1.807, 2.05) is 96.5 Å². The lowest BCUT2D eigenvalue weighted by atomic mass is 10.1. The Morgan fingerprint density at radius 2 is 1.63 bits per heavy atom. The van der Waals surface area contributed by atoms with Crippen molar-refractivity contribution in [2.75, 3.05) is 6.54 Å². The number of para-hydroxylation sites is 2. The number of aromatic nitrogens is 3. The van der Waals surface area contributed by atoms with Gasteiger partial charge < -0.3 is 19.7 Å². The molecule has 1 unspecified atom stereocenters. The first kappa shape index (κ1) is 22.1. The van der Waals surface area contributed by atoms with Crippen LogP contribution in [0.25, 0.3) is 22.4 Å². The number of carbonyl (C=O) groups is 2. The van der Waals surface area contributed by atoms with Crippen LogP contribution in [0.3, 0.4) is 0 Å². The number of amides is 2. The zero-order valence-corrected chi connectivity index (χ0v) is 19.0. The van der Waals surface area contributed by atoms with Gasteiger partial charge in [0.1, 0.15) is 11.9 Å². The Hall–Kier alpha value is -4.72. The molecule has 1 atom stereocenters. The van der Waals surface area contributed by atoms with Crippen LogP contribution in [0.15, 0.2) is 95.5 Å². The third kappa shape index (κ3) is 4.67. The third-order valence-electron chi connectivity index (χ3n) is 5.73. The lowest BCUT2D eigenvalue weighted by Crippen LogP contribution is -2.39. The first-order valence-electron chi connectivity index (χ1n) is 11.2. The Morgan fingerprint density at radius 3 is 2.37 bits per heavy atom. The highest BCUT2D eigenvalue weighted by atomic mass is 16.5. The summed E-state index contributed by atoms with van der Waals surface area (Å²) in [5.41, 5.74) is 3.60. The van der Waals surface area contributed by atoms with Crippen LogP contribution in [0, 0.1) is 0 Å². The van der Waals surface area contributed by atoms with Crippen molar-refractivity contribution in [1.82, 2.24) is 25.3 Å². The first-order chi connectivity index (χ1) is 17.1. The highest BCUT2D eigenvalue weighted by Crippen LogP contribution is 2.25. The number of carbonyl (C=O) groups excluding carboxylic acids is 2. The maximum absolute atomic E-state index is 12.9. The highest BCUT2D eigenvalue weighted by molar-refractivity contribution is 5.95. The van der Waals surface area contributed by atoms with E-state index in [-0.39, 0.29) is 18.1 Å². The van der Waals surface area contributed by atoms with Crippen LogP contribution in [0.2, 0.25) is 0 Å². The molecule has 35 heavy (non-hydrogen) atoms. The van der Waals surface area contributed by atoms with Gasteiger partial charge in [-0.2, -0.15) is 0 Å². The van der Waals surface area contributed by atoms with E-state index >= 15 is 0 Å². The molecule has 3 aromatic carbocycles. The molecule has 174 valence electrons. The van der Waals surface area contributed by atoms with E-state index in [1.165, 1.54) is 0 Å². The summed E-state index contributed by atoms with van der Waals surface area (Å²) in [5, 5.41) is 9.45. The number of imidazole rings is 1. The van der Waals surface area contributed by atoms with Crippen molar-refractivity contribution in [1.29, 1.82) is 0 Å². The number of benzene rings is 3. The summed E-state index contributed by atoms with van der Waals surface area (Å²) in [6, 6.07) is 27.8.